The second kappa shape index (κ2) is 6.70. The summed E-state index contributed by atoms with van der Waals surface area (Å²) in [5.41, 5.74) is 2.06. The van der Waals surface area contributed by atoms with Gasteiger partial charge < -0.3 is 9.64 Å². The van der Waals surface area contributed by atoms with Gasteiger partial charge in [-0.05, 0) is 25.6 Å². The number of hydrogen-bond acceptors (Lipinski definition) is 5. The van der Waals surface area contributed by atoms with Gasteiger partial charge in [-0.3, -0.25) is 0 Å². The van der Waals surface area contributed by atoms with E-state index in [1.807, 2.05) is 19.3 Å². The molecule has 0 spiro atoms. The number of hydrogen-bond donors (Lipinski definition) is 0. The average molecular weight is 279 g/mol. The van der Waals surface area contributed by atoms with E-state index < -0.39 is 0 Å². The van der Waals surface area contributed by atoms with Crippen LogP contribution < -0.4 is 4.74 Å². The number of aromatic nitrogens is 2. The van der Waals surface area contributed by atoms with E-state index in [4.69, 9.17) is 4.74 Å². The summed E-state index contributed by atoms with van der Waals surface area (Å²) in [4.78, 5) is 2.12. The molecule has 5 heteroatoms. The first kappa shape index (κ1) is 14.1. The molecule has 0 radical (unpaired) electrons. The van der Waals surface area contributed by atoms with Crippen molar-refractivity contribution in [2.45, 2.75) is 39.2 Å². The van der Waals surface area contributed by atoms with Crippen molar-refractivity contribution < 1.29 is 4.74 Å². The van der Waals surface area contributed by atoms with Crippen LogP contribution in [0.25, 0.3) is 5.57 Å². The zero-order valence-corrected chi connectivity index (χ0v) is 12.6. The summed E-state index contributed by atoms with van der Waals surface area (Å²) < 4.78 is 14.6. The van der Waals surface area contributed by atoms with E-state index in [0.29, 0.717) is 5.88 Å². The minimum Gasteiger partial charge on any atom is -0.472 e. The lowest BCUT2D eigenvalue weighted by Gasteiger charge is -2.19. The second-order valence-electron chi connectivity index (χ2n) is 4.94. The maximum Gasteiger partial charge on any atom is 0.253 e. The highest BCUT2D eigenvalue weighted by molar-refractivity contribution is 6.99. The van der Waals surface area contributed by atoms with Crippen molar-refractivity contribution in [3.63, 3.8) is 0 Å². The SMILES string of the molecule is CCCCC(C)Oc1nsnc1C1=CC=CN(C)C1. The van der Waals surface area contributed by atoms with Crippen LogP contribution in [0, 0.1) is 0 Å². The molecular weight excluding hydrogens is 258 g/mol. The summed E-state index contributed by atoms with van der Waals surface area (Å²) in [7, 11) is 2.05. The molecule has 1 aliphatic heterocycles. The van der Waals surface area contributed by atoms with Crippen molar-refractivity contribution >= 4 is 17.3 Å². The Morgan fingerprint density at radius 2 is 2.32 bits per heavy atom. The van der Waals surface area contributed by atoms with Crippen molar-refractivity contribution in [2.75, 3.05) is 13.6 Å². The average Bonchev–Trinajstić information content (AvgIpc) is 2.84. The molecule has 0 bridgehead atoms. The highest BCUT2D eigenvalue weighted by Crippen LogP contribution is 2.27. The Morgan fingerprint density at radius 3 is 3.05 bits per heavy atom. The van der Waals surface area contributed by atoms with Gasteiger partial charge in [0, 0.05) is 19.2 Å². The van der Waals surface area contributed by atoms with Gasteiger partial charge in [-0.2, -0.15) is 4.37 Å². The first-order valence-corrected chi connectivity index (χ1v) is 7.51. The Morgan fingerprint density at radius 1 is 1.47 bits per heavy atom. The van der Waals surface area contributed by atoms with Crippen molar-refractivity contribution in [2.24, 2.45) is 0 Å². The van der Waals surface area contributed by atoms with Gasteiger partial charge in [0.05, 0.1) is 17.8 Å². The second-order valence-corrected chi connectivity index (χ2v) is 5.47. The highest BCUT2D eigenvalue weighted by atomic mass is 32.1. The van der Waals surface area contributed by atoms with Crippen LogP contribution in [0.3, 0.4) is 0 Å². The van der Waals surface area contributed by atoms with Gasteiger partial charge in [0.1, 0.15) is 5.69 Å². The van der Waals surface area contributed by atoms with Crippen LogP contribution >= 0.6 is 11.7 Å². The number of ether oxygens (including phenoxy) is 1. The predicted molar refractivity (Wildman–Crippen MR) is 79.3 cm³/mol. The first-order chi connectivity index (χ1) is 9.20. The third kappa shape index (κ3) is 3.80. The third-order valence-corrected chi connectivity index (χ3v) is 3.61. The van der Waals surface area contributed by atoms with Gasteiger partial charge in [-0.25, -0.2) is 0 Å². The zero-order chi connectivity index (χ0) is 13.7. The predicted octanol–water partition coefficient (Wildman–Crippen LogP) is 3.34. The molecule has 2 heterocycles. The molecule has 0 saturated heterocycles. The van der Waals surface area contributed by atoms with Crippen molar-refractivity contribution in [1.82, 2.24) is 13.6 Å². The molecule has 1 aromatic rings. The fraction of sp³-hybridized carbons (Fsp3) is 0.571. The molecule has 0 saturated carbocycles. The number of rotatable bonds is 6. The smallest absolute Gasteiger partial charge is 0.253 e. The topological polar surface area (TPSA) is 38.3 Å². The number of allylic oxidation sites excluding steroid dienone is 2. The molecule has 1 unspecified atom stereocenters. The molecule has 0 fully saturated rings. The van der Waals surface area contributed by atoms with Crippen LogP contribution in [0.4, 0.5) is 0 Å². The standard InChI is InChI=1S/C14H21N3OS/c1-4-5-7-11(2)18-14-13(15-19-16-14)12-8-6-9-17(3)10-12/h6,8-9,11H,4-5,7,10H2,1-3H3. The molecule has 0 aliphatic carbocycles. The van der Waals surface area contributed by atoms with Crippen LogP contribution in [0.15, 0.2) is 18.4 Å². The Labute approximate surface area is 119 Å². The molecule has 104 valence electrons. The van der Waals surface area contributed by atoms with Gasteiger partial charge >= 0.3 is 0 Å². The summed E-state index contributed by atoms with van der Waals surface area (Å²) in [6, 6.07) is 0. The molecule has 1 aromatic heterocycles. The highest BCUT2D eigenvalue weighted by Gasteiger charge is 2.18. The monoisotopic (exact) mass is 279 g/mol. The lowest BCUT2D eigenvalue weighted by molar-refractivity contribution is 0.200. The molecule has 0 amide bonds. The summed E-state index contributed by atoms with van der Waals surface area (Å²) in [5.74, 6) is 0.684. The largest absolute Gasteiger partial charge is 0.472 e. The fourth-order valence-electron chi connectivity index (χ4n) is 2.03. The fourth-order valence-corrected chi connectivity index (χ4v) is 2.55. The van der Waals surface area contributed by atoms with Gasteiger partial charge in [0.2, 0.25) is 0 Å². The van der Waals surface area contributed by atoms with E-state index in [2.05, 4.69) is 33.6 Å². The quantitative estimate of drug-likeness (QED) is 0.800. The Balaban J connectivity index is 2.05. The van der Waals surface area contributed by atoms with E-state index in [0.717, 1.165) is 24.2 Å². The van der Waals surface area contributed by atoms with E-state index >= 15 is 0 Å². The Hall–Kier alpha value is -1.36. The molecule has 0 aromatic carbocycles. The lowest BCUT2D eigenvalue weighted by Crippen LogP contribution is -2.17. The molecule has 1 atom stereocenters. The normalized spacial score (nSPS) is 16.4. The van der Waals surface area contributed by atoms with E-state index in [-0.39, 0.29) is 6.10 Å². The van der Waals surface area contributed by atoms with Gasteiger partial charge in [-0.15, -0.1) is 4.37 Å². The number of unbranched alkanes of at least 4 members (excludes halogenated alkanes) is 1. The molecule has 2 rings (SSSR count). The van der Waals surface area contributed by atoms with Crippen LogP contribution in [-0.2, 0) is 0 Å². The third-order valence-electron chi connectivity index (χ3n) is 3.10. The summed E-state index contributed by atoms with van der Waals surface area (Å²) >= 11 is 1.22. The zero-order valence-electron chi connectivity index (χ0n) is 11.8. The molecule has 1 aliphatic rings. The summed E-state index contributed by atoms with van der Waals surface area (Å²) in [5, 5.41) is 0. The van der Waals surface area contributed by atoms with Crippen LogP contribution in [-0.4, -0.2) is 33.3 Å². The molecular formula is C14H21N3OS. The van der Waals surface area contributed by atoms with Crippen molar-refractivity contribution in [1.29, 1.82) is 0 Å². The van der Waals surface area contributed by atoms with Crippen molar-refractivity contribution in [3.05, 3.63) is 24.0 Å². The number of likely N-dealkylation sites (N-methyl/N-ethyl adjacent to an activating group) is 1. The maximum absolute atomic E-state index is 5.93. The lowest BCUT2D eigenvalue weighted by atomic mass is 10.1. The van der Waals surface area contributed by atoms with Crippen LogP contribution in [0.2, 0.25) is 0 Å². The minimum atomic E-state index is 0.195. The number of nitrogens with zero attached hydrogens (tertiary/aromatic N) is 3. The summed E-state index contributed by atoms with van der Waals surface area (Å²) in [6.45, 7) is 5.14. The molecule has 0 N–H and O–H groups in total. The Kier molecular flexibility index (Phi) is 4.96. The molecule has 4 nitrogen and oxygen atoms in total. The van der Waals surface area contributed by atoms with Gasteiger partial charge in [0.15, 0.2) is 0 Å². The maximum atomic E-state index is 5.93. The van der Waals surface area contributed by atoms with E-state index in [1.165, 1.54) is 24.6 Å². The first-order valence-electron chi connectivity index (χ1n) is 6.78. The van der Waals surface area contributed by atoms with Crippen LogP contribution in [0.5, 0.6) is 5.88 Å². The van der Waals surface area contributed by atoms with Crippen LogP contribution in [0.1, 0.15) is 38.8 Å². The van der Waals surface area contributed by atoms with Gasteiger partial charge in [0.25, 0.3) is 5.88 Å². The minimum absolute atomic E-state index is 0.195. The summed E-state index contributed by atoms with van der Waals surface area (Å²) in [6.07, 6.45) is 9.79. The van der Waals surface area contributed by atoms with E-state index in [1.54, 1.807) is 0 Å². The van der Waals surface area contributed by atoms with Gasteiger partial charge in [-0.1, -0.05) is 25.8 Å². The van der Waals surface area contributed by atoms with Crippen molar-refractivity contribution in [3.8, 4) is 5.88 Å². The Bertz CT molecular complexity index is 467. The van der Waals surface area contributed by atoms with E-state index in [9.17, 15) is 0 Å². The molecule has 19 heavy (non-hydrogen) atoms.